The molecule has 4 rings (SSSR count). The van der Waals surface area contributed by atoms with Crippen LogP contribution in [0, 0.1) is 0 Å². The lowest BCUT2D eigenvalue weighted by atomic mass is 10.1. The molecular formula is C22H24ClN5O3. The van der Waals surface area contributed by atoms with E-state index in [1.54, 1.807) is 7.11 Å². The second kappa shape index (κ2) is 9.80. The van der Waals surface area contributed by atoms with Crippen LogP contribution in [0.4, 0.5) is 11.5 Å². The molecule has 162 valence electrons. The lowest BCUT2D eigenvalue weighted by Gasteiger charge is -2.15. The Balaban J connectivity index is 1.75. The number of methoxy groups -OCH3 is 1. The summed E-state index contributed by atoms with van der Waals surface area (Å²) in [7, 11) is 1.59. The van der Waals surface area contributed by atoms with Crippen LogP contribution >= 0.6 is 11.6 Å². The number of ether oxygens (including phenoxy) is 2. The third-order valence-corrected chi connectivity index (χ3v) is 5.25. The Morgan fingerprint density at radius 1 is 1.16 bits per heavy atom. The van der Waals surface area contributed by atoms with Crippen molar-refractivity contribution in [3.63, 3.8) is 0 Å². The summed E-state index contributed by atoms with van der Waals surface area (Å²) in [5.74, 6) is 1.77. The van der Waals surface area contributed by atoms with E-state index >= 15 is 0 Å². The van der Waals surface area contributed by atoms with Crippen LogP contribution in [0.1, 0.15) is 12.0 Å². The van der Waals surface area contributed by atoms with Gasteiger partial charge >= 0.3 is 0 Å². The van der Waals surface area contributed by atoms with Gasteiger partial charge in [-0.15, -0.1) is 0 Å². The van der Waals surface area contributed by atoms with Gasteiger partial charge in [0.05, 0.1) is 19.2 Å². The quantitative estimate of drug-likeness (QED) is 0.534. The smallest absolute Gasteiger partial charge is 0.233 e. The maximum atomic E-state index is 12.0. The van der Waals surface area contributed by atoms with E-state index in [9.17, 15) is 4.79 Å². The van der Waals surface area contributed by atoms with Crippen LogP contribution in [0.2, 0.25) is 5.02 Å². The summed E-state index contributed by atoms with van der Waals surface area (Å²) in [5.41, 5.74) is 2.68. The van der Waals surface area contributed by atoms with Crippen molar-refractivity contribution in [3.8, 4) is 11.5 Å². The Bertz CT molecular complexity index is 1090. The number of aryl methyl sites for hydroxylation is 1. The molecule has 0 aliphatic carbocycles. The molecule has 3 N–H and O–H groups in total. The highest BCUT2D eigenvalue weighted by Gasteiger charge is 2.14. The average molecular weight is 442 g/mol. The number of halogens is 1. The largest absolute Gasteiger partial charge is 0.493 e. The van der Waals surface area contributed by atoms with E-state index in [4.69, 9.17) is 21.1 Å². The monoisotopic (exact) mass is 441 g/mol. The number of anilines is 2. The molecule has 0 spiro atoms. The van der Waals surface area contributed by atoms with Gasteiger partial charge in [0.2, 0.25) is 5.91 Å². The van der Waals surface area contributed by atoms with E-state index in [1.807, 2.05) is 30.3 Å². The summed E-state index contributed by atoms with van der Waals surface area (Å²) >= 11 is 6.26. The van der Waals surface area contributed by atoms with Gasteiger partial charge in [0.1, 0.15) is 18.8 Å². The molecule has 2 aromatic carbocycles. The van der Waals surface area contributed by atoms with Crippen molar-refractivity contribution in [2.45, 2.75) is 12.8 Å². The fourth-order valence-corrected chi connectivity index (χ4v) is 3.62. The number of carbonyl (C=O) groups is 1. The number of nitrogens with zero attached hydrogens (tertiary/aromatic N) is 2. The van der Waals surface area contributed by atoms with Crippen molar-refractivity contribution in [1.29, 1.82) is 0 Å². The van der Waals surface area contributed by atoms with Crippen molar-refractivity contribution in [2.75, 3.05) is 38.7 Å². The molecule has 2 bridgehead atoms. The van der Waals surface area contributed by atoms with Crippen molar-refractivity contribution in [3.05, 3.63) is 47.2 Å². The van der Waals surface area contributed by atoms with Gasteiger partial charge in [0.25, 0.3) is 0 Å². The highest BCUT2D eigenvalue weighted by molar-refractivity contribution is 6.30. The second-order valence-corrected chi connectivity index (χ2v) is 7.58. The molecule has 1 aliphatic heterocycles. The Kier molecular flexibility index (Phi) is 6.69. The third-order valence-electron chi connectivity index (χ3n) is 5.01. The predicted molar refractivity (Wildman–Crippen MR) is 121 cm³/mol. The number of carbonyl (C=O) groups excluding carboxylic acids is 1. The first-order valence-electron chi connectivity index (χ1n) is 10.1. The third kappa shape index (κ3) is 5.15. The highest BCUT2D eigenvalue weighted by atomic mass is 35.5. The number of rotatable bonds is 1. The maximum absolute atomic E-state index is 12.0. The molecule has 0 saturated heterocycles. The highest BCUT2D eigenvalue weighted by Crippen LogP contribution is 2.35. The zero-order valence-electron chi connectivity index (χ0n) is 17.2. The molecule has 0 saturated carbocycles. The standard InChI is InChI=1S/C22H24ClN5O3/c1-30-19-11-18-16-10-20(19)31-8-7-24-12-21(29)25-6-2-3-14-4-5-15(23)9-17(14)28-22(16)27-13-26-18/h4-5,9-11,13,24H,2-3,6-8,12H2,1H3,(H,25,29)(H,26,27,28). The summed E-state index contributed by atoms with van der Waals surface area (Å²) in [4.78, 5) is 20.8. The fourth-order valence-electron chi connectivity index (χ4n) is 3.45. The molecule has 0 unspecified atom stereocenters. The first-order chi connectivity index (χ1) is 15.1. The topological polar surface area (TPSA) is 97.4 Å². The second-order valence-electron chi connectivity index (χ2n) is 7.15. The maximum Gasteiger partial charge on any atom is 0.233 e. The van der Waals surface area contributed by atoms with Crippen molar-refractivity contribution >= 4 is 39.9 Å². The molecule has 1 aromatic heterocycles. The van der Waals surface area contributed by atoms with Gasteiger partial charge in [0.15, 0.2) is 11.5 Å². The lowest BCUT2D eigenvalue weighted by molar-refractivity contribution is -0.120. The Morgan fingerprint density at radius 2 is 2.06 bits per heavy atom. The molecule has 0 atom stereocenters. The van der Waals surface area contributed by atoms with Crippen LogP contribution in [-0.4, -0.2) is 49.2 Å². The summed E-state index contributed by atoms with van der Waals surface area (Å²) in [6.07, 6.45) is 3.09. The van der Waals surface area contributed by atoms with E-state index in [-0.39, 0.29) is 12.5 Å². The van der Waals surface area contributed by atoms with Crippen LogP contribution < -0.4 is 25.4 Å². The van der Waals surface area contributed by atoms with Gasteiger partial charge in [-0.1, -0.05) is 17.7 Å². The molecule has 3 aromatic rings. The van der Waals surface area contributed by atoms with Crippen LogP contribution in [0.3, 0.4) is 0 Å². The van der Waals surface area contributed by atoms with Crippen LogP contribution in [0.5, 0.6) is 11.5 Å². The minimum atomic E-state index is -0.0412. The van der Waals surface area contributed by atoms with Crippen LogP contribution in [0.15, 0.2) is 36.7 Å². The molecule has 1 amide bonds. The van der Waals surface area contributed by atoms with Crippen LogP contribution in [0.25, 0.3) is 10.9 Å². The minimum Gasteiger partial charge on any atom is -0.493 e. The number of fused-ring (bicyclic) bond motifs is 2. The van der Waals surface area contributed by atoms with Gasteiger partial charge in [-0.2, -0.15) is 0 Å². The zero-order chi connectivity index (χ0) is 21.6. The Morgan fingerprint density at radius 3 is 2.94 bits per heavy atom. The SMILES string of the molecule is COc1cc2ncnc3c2cc1OCCNCC(=O)NCCCc1ccc(Cl)cc1N3. The number of aromatic nitrogens is 2. The fraction of sp³-hybridized carbons (Fsp3) is 0.318. The molecule has 9 heteroatoms. The summed E-state index contributed by atoms with van der Waals surface area (Å²) in [6, 6.07) is 9.42. The van der Waals surface area contributed by atoms with Crippen molar-refractivity contribution in [1.82, 2.24) is 20.6 Å². The number of nitrogens with one attached hydrogen (secondary N) is 3. The molecule has 1 aliphatic rings. The van der Waals surface area contributed by atoms with E-state index in [0.29, 0.717) is 42.0 Å². The predicted octanol–water partition coefficient (Wildman–Crippen LogP) is 3.07. The van der Waals surface area contributed by atoms with E-state index < -0.39 is 0 Å². The number of amides is 1. The Hall–Kier alpha value is -3.10. The number of benzene rings is 2. The Labute approximate surface area is 185 Å². The number of hydrogen-bond acceptors (Lipinski definition) is 7. The van der Waals surface area contributed by atoms with Gasteiger partial charge < -0.3 is 25.4 Å². The van der Waals surface area contributed by atoms with Crippen LogP contribution in [-0.2, 0) is 11.2 Å². The van der Waals surface area contributed by atoms with E-state index in [1.165, 1.54) is 6.33 Å². The first-order valence-corrected chi connectivity index (χ1v) is 10.5. The summed E-state index contributed by atoms with van der Waals surface area (Å²) < 4.78 is 11.4. The normalized spacial score (nSPS) is 15.4. The number of hydrogen-bond donors (Lipinski definition) is 3. The first kappa shape index (κ1) is 21.1. The molecule has 31 heavy (non-hydrogen) atoms. The summed E-state index contributed by atoms with van der Waals surface area (Å²) in [6.45, 7) is 1.73. The molecular weight excluding hydrogens is 418 g/mol. The average Bonchev–Trinajstić information content (AvgIpc) is 2.77. The van der Waals surface area contributed by atoms with Gasteiger partial charge in [0, 0.05) is 35.3 Å². The molecule has 2 heterocycles. The molecule has 0 fully saturated rings. The molecule has 8 nitrogen and oxygen atoms in total. The summed E-state index contributed by atoms with van der Waals surface area (Å²) in [5, 5.41) is 10.9. The minimum absolute atomic E-state index is 0.0412. The van der Waals surface area contributed by atoms with E-state index in [2.05, 4.69) is 25.9 Å². The molecule has 0 radical (unpaired) electrons. The lowest BCUT2D eigenvalue weighted by Crippen LogP contribution is -2.36. The van der Waals surface area contributed by atoms with Gasteiger partial charge in [-0.25, -0.2) is 9.97 Å². The van der Waals surface area contributed by atoms with Gasteiger partial charge in [-0.3, -0.25) is 4.79 Å². The van der Waals surface area contributed by atoms with E-state index in [0.717, 1.165) is 35.0 Å². The van der Waals surface area contributed by atoms with Gasteiger partial charge in [-0.05, 0) is 36.6 Å². The van der Waals surface area contributed by atoms with Crippen molar-refractivity contribution in [2.24, 2.45) is 0 Å². The van der Waals surface area contributed by atoms with Crippen molar-refractivity contribution < 1.29 is 14.3 Å². The zero-order valence-corrected chi connectivity index (χ0v) is 18.0.